The lowest BCUT2D eigenvalue weighted by Crippen LogP contribution is -2.59. The first-order chi connectivity index (χ1) is 13.1. The monoisotopic (exact) mass is 388 g/mol. The summed E-state index contributed by atoms with van der Waals surface area (Å²) in [6, 6.07) is 13.2. The molecule has 1 saturated heterocycles. The van der Waals surface area contributed by atoms with Gasteiger partial charge in [0.25, 0.3) is 0 Å². The standard InChI is InChI=1S/C21H28N2O3S/c24-27(25,20-9-8-18-6-2-3-7-19(18)16-20)22-17-21(10-4-1-5-11-21)23-12-14-26-15-13-23/h2-3,6-9,16,22H,1,4-5,10-15,17H2. The zero-order valence-electron chi connectivity index (χ0n) is 15.7. The zero-order chi connectivity index (χ0) is 18.7. The molecule has 0 radical (unpaired) electrons. The van der Waals surface area contributed by atoms with Crippen molar-refractivity contribution in [2.24, 2.45) is 0 Å². The number of hydrogen-bond donors (Lipinski definition) is 1. The average Bonchev–Trinajstić information content (AvgIpc) is 2.73. The number of rotatable bonds is 5. The Kier molecular flexibility index (Phi) is 5.50. The SMILES string of the molecule is O=S(=O)(NCC1(N2CCOCC2)CCCCC1)c1ccc2ccccc2c1. The van der Waals surface area contributed by atoms with E-state index in [1.54, 1.807) is 12.1 Å². The lowest BCUT2D eigenvalue weighted by atomic mass is 9.80. The Morgan fingerprint density at radius 1 is 0.963 bits per heavy atom. The molecule has 2 fully saturated rings. The van der Waals surface area contributed by atoms with Crippen LogP contribution < -0.4 is 4.72 Å². The van der Waals surface area contributed by atoms with E-state index < -0.39 is 10.0 Å². The van der Waals surface area contributed by atoms with E-state index in [1.165, 1.54) is 6.42 Å². The molecule has 0 unspecified atom stereocenters. The third-order valence-corrected chi connectivity index (χ3v) is 7.49. The predicted molar refractivity (Wildman–Crippen MR) is 107 cm³/mol. The van der Waals surface area contributed by atoms with Crippen molar-refractivity contribution in [3.05, 3.63) is 42.5 Å². The first-order valence-electron chi connectivity index (χ1n) is 9.90. The molecule has 1 saturated carbocycles. The molecule has 2 aliphatic rings. The molecule has 1 heterocycles. The normalized spacial score (nSPS) is 21.3. The number of hydrogen-bond acceptors (Lipinski definition) is 4. The van der Waals surface area contributed by atoms with Crippen molar-refractivity contribution in [1.29, 1.82) is 0 Å². The summed E-state index contributed by atoms with van der Waals surface area (Å²) in [6.45, 7) is 3.72. The van der Waals surface area contributed by atoms with Gasteiger partial charge in [0.05, 0.1) is 18.1 Å². The van der Waals surface area contributed by atoms with Crippen molar-refractivity contribution in [2.45, 2.75) is 42.5 Å². The van der Waals surface area contributed by atoms with Crippen LogP contribution in [0, 0.1) is 0 Å². The molecular formula is C21H28N2O3S. The van der Waals surface area contributed by atoms with E-state index >= 15 is 0 Å². The summed E-state index contributed by atoms with van der Waals surface area (Å²) in [6.07, 6.45) is 5.66. The van der Waals surface area contributed by atoms with Crippen LogP contribution in [0.5, 0.6) is 0 Å². The van der Waals surface area contributed by atoms with Crippen LogP contribution in [0.15, 0.2) is 47.4 Å². The van der Waals surface area contributed by atoms with Crippen molar-refractivity contribution in [1.82, 2.24) is 9.62 Å². The molecule has 6 heteroatoms. The van der Waals surface area contributed by atoms with Crippen molar-refractivity contribution < 1.29 is 13.2 Å². The van der Waals surface area contributed by atoms with Crippen LogP contribution in [-0.2, 0) is 14.8 Å². The first-order valence-corrected chi connectivity index (χ1v) is 11.4. The van der Waals surface area contributed by atoms with Crippen LogP contribution in [0.25, 0.3) is 10.8 Å². The van der Waals surface area contributed by atoms with Gasteiger partial charge in [-0.1, -0.05) is 49.6 Å². The summed E-state index contributed by atoms with van der Waals surface area (Å²) in [5, 5.41) is 1.99. The van der Waals surface area contributed by atoms with Crippen LogP contribution in [0.2, 0.25) is 0 Å². The highest BCUT2D eigenvalue weighted by Gasteiger charge is 2.39. The van der Waals surface area contributed by atoms with Gasteiger partial charge in [-0.25, -0.2) is 13.1 Å². The van der Waals surface area contributed by atoms with E-state index in [-0.39, 0.29) is 5.54 Å². The Balaban J connectivity index is 1.54. The number of nitrogens with one attached hydrogen (secondary N) is 1. The van der Waals surface area contributed by atoms with Gasteiger partial charge in [-0.3, -0.25) is 4.90 Å². The van der Waals surface area contributed by atoms with Gasteiger partial charge in [-0.2, -0.15) is 0 Å². The second-order valence-corrected chi connectivity index (χ2v) is 9.48. The summed E-state index contributed by atoms with van der Waals surface area (Å²) >= 11 is 0. The minimum absolute atomic E-state index is 0.0774. The molecule has 0 amide bonds. The van der Waals surface area contributed by atoms with Gasteiger partial charge >= 0.3 is 0 Å². The van der Waals surface area contributed by atoms with Gasteiger partial charge in [-0.05, 0) is 35.7 Å². The fourth-order valence-electron chi connectivity index (χ4n) is 4.50. The van der Waals surface area contributed by atoms with E-state index in [2.05, 4.69) is 9.62 Å². The molecular weight excluding hydrogens is 360 g/mol. The van der Waals surface area contributed by atoms with Crippen LogP contribution in [0.1, 0.15) is 32.1 Å². The Hall–Kier alpha value is -1.47. The zero-order valence-corrected chi connectivity index (χ0v) is 16.5. The maximum absolute atomic E-state index is 13.0. The van der Waals surface area contributed by atoms with Crippen molar-refractivity contribution in [2.75, 3.05) is 32.8 Å². The van der Waals surface area contributed by atoms with E-state index in [0.29, 0.717) is 11.4 Å². The highest BCUT2D eigenvalue weighted by molar-refractivity contribution is 7.89. The minimum atomic E-state index is -3.54. The van der Waals surface area contributed by atoms with Gasteiger partial charge in [0.1, 0.15) is 0 Å². The van der Waals surface area contributed by atoms with Crippen LogP contribution in [0.4, 0.5) is 0 Å². The fourth-order valence-corrected chi connectivity index (χ4v) is 5.65. The van der Waals surface area contributed by atoms with Gasteiger partial charge in [0.15, 0.2) is 0 Å². The third kappa shape index (κ3) is 4.04. The maximum atomic E-state index is 13.0. The highest BCUT2D eigenvalue weighted by atomic mass is 32.2. The molecule has 0 atom stereocenters. The quantitative estimate of drug-likeness (QED) is 0.855. The number of sulfonamides is 1. The Morgan fingerprint density at radius 3 is 2.41 bits per heavy atom. The lowest BCUT2D eigenvalue weighted by molar-refractivity contribution is -0.0348. The second-order valence-electron chi connectivity index (χ2n) is 7.72. The fraction of sp³-hybridized carbons (Fsp3) is 0.524. The summed E-state index contributed by atoms with van der Waals surface area (Å²) in [5.74, 6) is 0. The molecule has 1 N–H and O–H groups in total. The topological polar surface area (TPSA) is 58.6 Å². The molecule has 1 aliphatic carbocycles. The van der Waals surface area contributed by atoms with E-state index in [1.807, 2.05) is 30.3 Å². The van der Waals surface area contributed by atoms with Crippen LogP contribution in [-0.4, -0.2) is 51.7 Å². The largest absolute Gasteiger partial charge is 0.379 e. The minimum Gasteiger partial charge on any atom is -0.379 e. The number of benzene rings is 2. The van der Waals surface area contributed by atoms with Crippen molar-refractivity contribution >= 4 is 20.8 Å². The molecule has 1 aliphatic heterocycles. The highest BCUT2D eigenvalue weighted by Crippen LogP contribution is 2.34. The number of ether oxygens (including phenoxy) is 1. The molecule has 2 aromatic rings. The molecule has 0 bridgehead atoms. The van der Waals surface area contributed by atoms with Gasteiger partial charge in [-0.15, -0.1) is 0 Å². The predicted octanol–water partition coefficient (Wildman–Crippen LogP) is 3.15. The van der Waals surface area contributed by atoms with E-state index in [4.69, 9.17) is 4.74 Å². The lowest BCUT2D eigenvalue weighted by Gasteiger charge is -2.48. The number of fused-ring (bicyclic) bond motifs is 1. The molecule has 27 heavy (non-hydrogen) atoms. The van der Waals surface area contributed by atoms with Gasteiger partial charge in [0.2, 0.25) is 10.0 Å². The van der Waals surface area contributed by atoms with Crippen molar-refractivity contribution in [3.8, 4) is 0 Å². The molecule has 5 nitrogen and oxygen atoms in total. The number of nitrogens with zero attached hydrogens (tertiary/aromatic N) is 1. The molecule has 4 rings (SSSR count). The van der Waals surface area contributed by atoms with Crippen LogP contribution >= 0.6 is 0 Å². The Bertz CT molecular complexity index is 885. The first kappa shape index (κ1) is 18.9. The summed E-state index contributed by atoms with van der Waals surface area (Å²) in [4.78, 5) is 2.80. The molecule has 2 aromatic carbocycles. The maximum Gasteiger partial charge on any atom is 0.240 e. The number of morpholine rings is 1. The summed E-state index contributed by atoms with van der Waals surface area (Å²) in [5.41, 5.74) is -0.0774. The second kappa shape index (κ2) is 7.87. The summed E-state index contributed by atoms with van der Waals surface area (Å²) < 4.78 is 34.4. The smallest absolute Gasteiger partial charge is 0.240 e. The molecule has 146 valence electrons. The Morgan fingerprint density at radius 2 is 1.67 bits per heavy atom. The van der Waals surface area contributed by atoms with Crippen LogP contribution in [0.3, 0.4) is 0 Å². The average molecular weight is 389 g/mol. The van der Waals surface area contributed by atoms with E-state index in [0.717, 1.165) is 62.8 Å². The van der Waals surface area contributed by atoms with Gasteiger partial charge < -0.3 is 4.74 Å². The summed E-state index contributed by atoms with van der Waals surface area (Å²) in [7, 11) is -3.54. The van der Waals surface area contributed by atoms with Crippen molar-refractivity contribution in [3.63, 3.8) is 0 Å². The molecule has 0 aromatic heterocycles. The molecule has 0 spiro atoms. The van der Waals surface area contributed by atoms with Gasteiger partial charge in [0, 0.05) is 25.2 Å². The third-order valence-electron chi connectivity index (χ3n) is 6.09. The Labute approximate surface area is 161 Å². The van der Waals surface area contributed by atoms with E-state index in [9.17, 15) is 8.42 Å².